The van der Waals surface area contributed by atoms with Gasteiger partial charge in [-0.15, -0.1) is 0 Å². The Morgan fingerprint density at radius 3 is 2.11 bits per heavy atom. The highest BCUT2D eigenvalue weighted by Gasteiger charge is 2.06. The standard InChI is InChI=1S/C13H20N2O.C2H6/c1-9(2)8-14-13(16)15-12-10(3)6-5-7-11(12)4;1-2/h5-7,9H,8H2,1-4H3,(H2,14,15,16);1-2H3. The summed E-state index contributed by atoms with van der Waals surface area (Å²) in [5.41, 5.74) is 3.07. The molecule has 0 aliphatic heterocycles. The molecule has 0 bridgehead atoms. The van der Waals surface area contributed by atoms with Crippen LogP contribution in [0.5, 0.6) is 0 Å². The van der Waals surface area contributed by atoms with E-state index in [0.29, 0.717) is 12.5 Å². The predicted octanol–water partition coefficient (Wildman–Crippen LogP) is 4.11. The van der Waals surface area contributed by atoms with Crippen LogP contribution in [0.25, 0.3) is 0 Å². The summed E-state index contributed by atoms with van der Waals surface area (Å²) in [6.07, 6.45) is 0. The van der Waals surface area contributed by atoms with E-state index in [4.69, 9.17) is 0 Å². The number of carbonyl (C=O) groups is 1. The number of benzene rings is 1. The molecule has 0 spiro atoms. The van der Waals surface area contributed by atoms with Crippen molar-refractivity contribution in [1.82, 2.24) is 5.32 Å². The van der Waals surface area contributed by atoms with E-state index in [1.54, 1.807) is 0 Å². The van der Waals surface area contributed by atoms with Gasteiger partial charge in [-0.2, -0.15) is 0 Å². The predicted molar refractivity (Wildman–Crippen MR) is 79.1 cm³/mol. The smallest absolute Gasteiger partial charge is 0.319 e. The van der Waals surface area contributed by atoms with Crippen LogP contribution in [-0.2, 0) is 0 Å². The molecule has 1 aromatic carbocycles. The molecule has 1 rings (SSSR count). The fourth-order valence-corrected chi connectivity index (χ4v) is 1.47. The van der Waals surface area contributed by atoms with Crippen LogP contribution < -0.4 is 10.6 Å². The zero-order valence-corrected chi connectivity index (χ0v) is 12.4. The van der Waals surface area contributed by atoms with Crippen LogP contribution in [0.15, 0.2) is 18.2 Å². The lowest BCUT2D eigenvalue weighted by atomic mass is 10.1. The van der Waals surface area contributed by atoms with Gasteiger partial charge in [-0.3, -0.25) is 0 Å². The van der Waals surface area contributed by atoms with Gasteiger partial charge in [0.2, 0.25) is 0 Å². The SMILES string of the molecule is CC.Cc1cccc(C)c1NC(=O)NCC(C)C. The lowest BCUT2D eigenvalue weighted by molar-refractivity contribution is 0.251. The maximum Gasteiger partial charge on any atom is 0.319 e. The van der Waals surface area contributed by atoms with Crippen LogP contribution >= 0.6 is 0 Å². The van der Waals surface area contributed by atoms with Crippen LogP contribution in [0.4, 0.5) is 10.5 Å². The molecule has 0 heterocycles. The van der Waals surface area contributed by atoms with Crippen molar-refractivity contribution < 1.29 is 4.79 Å². The molecular weight excluding hydrogens is 224 g/mol. The molecule has 3 nitrogen and oxygen atoms in total. The highest BCUT2D eigenvalue weighted by atomic mass is 16.2. The van der Waals surface area contributed by atoms with Crippen LogP contribution in [0, 0.1) is 19.8 Å². The Bertz CT molecular complexity index is 353. The molecule has 0 fully saturated rings. The van der Waals surface area contributed by atoms with Crippen molar-refractivity contribution >= 4 is 11.7 Å². The van der Waals surface area contributed by atoms with E-state index in [1.165, 1.54) is 0 Å². The second kappa shape index (κ2) is 8.56. The van der Waals surface area contributed by atoms with E-state index in [-0.39, 0.29) is 6.03 Å². The van der Waals surface area contributed by atoms with Gasteiger partial charge in [0.1, 0.15) is 0 Å². The third-order valence-corrected chi connectivity index (χ3v) is 2.39. The van der Waals surface area contributed by atoms with Crippen molar-refractivity contribution in [3.8, 4) is 0 Å². The maximum absolute atomic E-state index is 11.6. The Morgan fingerprint density at radius 1 is 1.17 bits per heavy atom. The van der Waals surface area contributed by atoms with Gasteiger partial charge < -0.3 is 10.6 Å². The number of nitrogens with one attached hydrogen (secondary N) is 2. The van der Waals surface area contributed by atoms with E-state index in [0.717, 1.165) is 16.8 Å². The third-order valence-electron chi connectivity index (χ3n) is 2.39. The largest absolute Gasteiger partial charge is 0.338 e. The molecular formula is C15H26N2O. The molecule has 0 unspecified atom stereocenters. The minimum Gasteiger partial charge on any atom is -0.338 e. The van der Waals surface area contributed by atoms with Crippen molar-refractivity contribution in [2.75, 3.05) is 11.9 Å². The molecule has 2 amide bonds. The van der Waals surface area contributed by atoms with Crippen LogP contribution in [-0.4, -0.2) is 12.6 Å². The average molecular weight is 250 g/mol. The molecule has 0 saturated carbocycles. The van der Waals surface area contributed by atoms with Crippen molar-refractivity contribution in [3.63, 3.8) is 0 Å². The normalized spacial score (nSPS) is 9.50. The second-order valence-corrected chi connectivity index (χ2v) is 4.50. The number of carbonyl (C=O) groups excluding carboxylic acids is 1. The average Bonchev–Trinajstić information content (AvgIpc) is 2.34. The van der Waals surface area contributed by atoms with Gasteiger partial charge >= 0.3 is 6.03 Å². The molecule has 0 atom stereocenters. The fraction of sp³-hybridized carbons (Fsp3) is 0.533. The van der Waals surface area contributed by atoms with Crippen molar-refractivity contribution in [3.05, 3.63) is 29.3 Å². The minimum atomic E-state index is -0.133. The lowest BCUT2D eigenvalue weighted by Crippen LogP contribution is -2.32. The molecule has 0 radical (unpaired) electrons. The lowest BCUT2D eigenvalue weighted by Gasteiger charge is -2.13. The number of hydrogen-bond donors (Lipinski definition) is 2. The Kier molecular flexibility index (Phi) is 7.84. The number of hydrogen-bond acceptors (Lipinski definition) is 1. The summed E-state index contributed by atoms with van der Waals surface area (Å²) < 4.78 is 0. The first-order valence-electron chi connectivity index (χ1n) is 6.61. The van der Waals surface area contributed by atoms with Crippen LogP contribution in [0.2, 0.25) is 0 Å². The van der Waals surface area contributed by atoms with E-state index in [1.807, 2.05) is 45.9 Å². The Labute approximate surface area is 111 Å². The number of urea groups is 1. The zero-order chi connectivity index (χ0) is 14.1. The van der Waals surface area contributed by atoms with Gasteiger partial charge in [0.15, 0.2) is 0 Å². The summed E-state index contributed by atoms with van der Waals surface area (Å²) in [7, 11) is 0. The summed E-state index contributed by atoms with van der Waals surface area (Å²) in [5.74, 6) is 0.462. The van der Waals surface area contributed by atoms with Gasteiger partial charge in [0.05, 0.1) is 0 Å². The second-order valence-electron chi connectivity index (χ2n) is 4.50. The summed E-state index contributed by atoms with van der Waals surface area (Å²) in [4.78, 5) is 11.6. The number of aryl methyl sites for hydroxylation is 2. The molecule has 18 heavy (non-hydrogen) atoms. The molecule has 0 aliphatic rings. The summed E-state index contributed by atoms with van der Waals surface area (Å²) in [6.45, 7) is 12.8. The van der Waals surface area contributed by atoms with Crippen molar-refractivity contribution in [1.29, 1.82) is 0 Å². The molecule has 0 aliphatic carbocycles. The topological polar surface area (TPSA) is 41.1 Å². The monoisotopic (exact) mass is 250 g/mol. The minimum absolute atomic E-state index is 0.133. The van der Waals surface area contributed by atoms with Gasteiger partial charge in [-0.05, 0) is 30.9 Å². The zero-order valence-electron chi connectivity index (χ0n) is 12.4. The summed E-state index contributed by atoms with van der Waals surface area (Å²) in [5, 5.41) is 5.72. The summed E-state index contributed by atoms with van der Waals surface area (Å²) >= 11 is 0. The third kappa shape index (κ3) is 5.71. The van der Waals surface area contributed by atoms with E-state index >= 15 is 0 Å². The van der Waals surface area contributed by atoms with Crippen LogP contribution in [0.3, 0.4) is 0 Å². The van der Waals surface area contributed by atoms with Crippen molar-refractivity contribution in [2.45, 2.75) is 41.5 Å². The van der Waals surface area contributed by atoms with Crippen LogP contribution in [0.1, 0.15) is 38.8 Å². The molecule has 1 aromatic rings. The van der Waals surface area contributed by atoms with Crippen molar-refractivity contribution in [2.24, 2.45) is 5.92 Å². The quantitative estimate of drug-likeness (QED) is 0.833. The molecule has 102 valence electrons. The molecule has 0 aromatic heterocycles. The number of anilines is 1. The number of amides is 2. The first kappa shape index (κ1) is 16.5. The van der Waals surface area contributed by atoms with Gasteiger partial charge in [0, 0.05) is 12.2 Å². The number of rotatable bonds is 3. The Balaban J connectivity index is 0.00000137. The molecule has 0 saturated heterocycles. The van der Waals surface area contributed by atoms with E-state index in [9.17, 15) is 4.79 Å². The molecule has 2 N–H and O–H groups in total. The van der Waals surface area contributed by atoms with Gasteiger partial charge in [0.25, 0.3) is 0 Å². The first-order valence-corrected chi connectivity index (χ1v) is 6.61. The van der Waals surface area contributed by atoms with Gasteiger partial charge in [-0.1, -0.05) is 45.9 Å². The molecule has 3 heteroatoms. The first-order chi connectivity index (χ1) is 8.50. The van der Waals surface area contributed by atoms with E-state index < -0.39 is 0 Å². The van der Waals surface area contributed by atoms with E-state index in [2.05, 4.69) is 24.5 Å². The Morgan fingerprint density at radius 2 is 1.67 bits per heavy atom. The maximum atomic E-state index is 11.6. The number of para-hydroxylation sites is 1. The highest BCUT2D eigenvalue weighted by molar-refractivity contribution is 5.90. The summed E-state index contributed by atoms with van der Waals surface area (Å²) in [6, 6.07) is 5.84. The Hall–Kier alpha value is -1.51. The van der Waals surface area contributed by atoms with Gasteiger partial charge in [-0.25, -0.2) is 4.79 Å². The highest BCUT2D eigenvalue weighted by Crippen LogP contribution is 2.18. The fourth-order valence-electron chi connectivity index (χ4n) is 1.47.